The lowest BCUT2D eigenvalue weighted by Gasteiger charge is -2.19. The van der Waals surface area contributed by atoms with Crippen LogP contribution in [0.1, 0.15) is 0 Å². The van der Waals surface area contributed by atoms with E-state index in [0.29, 0.717) is 12.0 Å². The number of ether oxygens (including phenoxy) is 1. The van der Waals surface area contributed by atoms with Gasteiger partial charge in [-0.1, -0.05) is 5.22 Å². The van der Waals surface area contributed by atoms with Crippen LogP contribution in [-0.2, 0) is 4.79 Å². The van der Waals surface area contributed by atoms with E-state index >= 15 is 0 Å². The molecule has 96 valence electrons. The molecule has 0 saturated heterocycles. The van der Waals surface area contributed by atoms with E-state index in [0.717, 1.165) is 12.1 Å². The van der Waals surface area contributed by atoms with Crippen molar-refractivity contribution in [3.05, 3.63) is 24.3 Å². The molecule has 0 aliphatic carbocycles. The maximum atomic E-state index is 11.9. The molecule has 9 heteroatoms. The SMILES string of the molecule is O=CC1N=NNN1c1ccc(OC(F)(F)F)cc1. The van der Waals surface area contributed by atoms with Gasteiger partial charge in [0.2, 0.25) is 6.17 Å². The van der Waals surface area contributed by atoms with Crippen LogP contribution < -0.4 is 15.3 Å². The van der Waals surface area contributed by atoms with Crippen LogP contribution >= 0.6 is 0 Å². The summed E-state index contributed by atoms with van der Waals surface area (Å²) >= 11 is 0. The Kier molecular flexibility index (Phi) is 3.04. The topological polar surface area (TPSA) is 66.3 Å². The monoisotopic (exact) mass is 260 g/mol. The van der Waals surface area contributed by atoms with E-state index in [9.17, 15) is 18.0 Å². The molecule has 18 heavy (non-hydrogen) atoms. The van der Waals surface area contributed by atoms with E-state index in [4.69, 9.17) is 0 Å². The van der Waals surface area contributed by atoms with Crippen LogP contribution in [0.15, 0.2) is 34.6 Å². The van der Waals surface area contributed by atoms with Crippen LogP contribution in [0, 0.1) is 0 Å². The molecule has 1 aromatic rings. The van der Waals surface area contributed by atoms with E-state index in [1.54, 1.807) is 0 Å². The van der Waals surface area contributed by atoms with Crippen molar-refractivity contribution in [1.82, 2.24) is 5.53 Å². The number of carbonyl (C=O) groups is 1. The van der Waals surface area contributed by atoms with Gasteiger partial charge in [-0.3, -0.25) is 4.79 Å². The van der Waals surface area contributed by atoms with Crippen molar-refractivity contribution < 1.29 is 22.7 Å². The van der Waals surface area contributed by atoms with Gasteiger partial charge in [-0.2, -0.15) is 5.53 Å². The van der Waals surface area contributed by atoms with Gasteiger partial charge in [0.1, 0.15) is 5.75 Å². The fraction of sp³-hybridized carbons (Fsp3) is 0.222. The van der Waals surface area contributed by atoms with E-state index in [1.807, 2.05) is 0 Å². The number of alkyl halides is 3. The molecule has 1 heterocycles. The van der Waals surface area contributed by atoms with Crippen LogP contribution in [0.4, 0.5) is 18.9 Å². The van der Waals surface area contributed by atoms with E-state index in [1.165, 1.54) is 17.1 Å². The minimum absolute atomic E-state index is 0.345. The lowest BCUT2D eigenvalue weighted by Crippen LogP contribution is -2.38. The van der Waals surface area contributed by atoms with Crippen molar-refractivity contribution in [3.63, 3.8) is 0 Å². The molecule has 0 aromatic heterocycles. The Morgan fingerprint density at radius 2 is 2.00 bits per heavy atom. The first-order chi connectivity index (χ1) is 8.49. The van der Waals surface area contributed by atoms with Gasteiger partial charge in [-0.15, -0.1) is 18.3 Å². The van der Waals surface area contributed by atoms with Crippen LogP contribution in [-0.4, -0.2) is 18.8 Å². The average Bonchev–Trinajstić information content (AvgIpc) is 2.76. The number of hydrogen-bond donors (Lipinski definition) is 1. The van der Waals surface area contributed by atoms with Crippen LogP contribution in [0.2, 0.25) is 0 Å². The Morgan fingerprint density at radius 3 is 2.56 bits per heavy atom. The fourth-order valence-electron chi connectivity index (χ4n) is 1.35. The number of carbonyl (C=O) groups excluding carboxylic acids is 1. The molecule has 1 N–H and O–H groups in total. The van der Waals surface area contributed by atoms with Gasteiger partial charge in [0.25, 0.3) is 0 Å². The first-order valence-electron chi connectivity index (χ1n) is 4.75. The summed E-state index contributed by atoms with van der Waals surface area (Å²) in [4.78, 5) is 10.6. The van der Waals surface area contributed by atoms with Gasteiger partial charge in [0.05, 0.1) is 5.69 Å². The molecule has 0 radical (unpaired) electrons. The molecule has 0 bridgehead atoms. The number of benzene rings is 1. The Morgan fingerprint density at radius 1 is 1.33 bits per heavy atom. The number of anilines is 1. The van der Waals surface area contributed by atoms with Gasteiger partial charge >= 0.3 is 6.36 Å². The number of nitrogens with zero attached hydrogens (tertiary/aromatic N) is 3. The normalized spacial score (nSPS) is 18.6. The smallest absolute Gasteiger partial charge is 0.406 e. The fourth-order valence-corrected chi connectivity index (χ4v) is 1.35. The largest absolute Gasteiger partial charge is 0.573 e. The molecule has 0 saturated carbocycles. The van der Waals surface area contributed by atoms with Gasteiger partial charge in [0, 0.05) is 0 Å². The van der Waals surface area contributed by atoms with Crippen LogP contribution in [0.25, 0.3) is 0 Å². The van der Waals surface area contributed by atoms with Crippen molar-refractivity contribution in [2.24, 2.45) is 10.3 Å². The third kappa shape index (κ3) is 2.67. The standard InChI is InChI=1S/C9H7F3N4O2/c10-9(11,12)18-7-3-1-6(2-4-7)16-8(5-17)13-14-15-16/h1-5,8H,(H,13,15). The first-order valence-corrected chi connectivity index (χ1v) is 4.75. The summed E-state index contributed by atoms with van der Waals surface area (Å²) in [6.07, 6.45) is -5.02. The first kappa shape index (κ1) is 12.1. The summed E-state index contributed by atoms with van der Waals surface area (Å²) in [6.45, 7) is 0. The molecular formula is C9H7F3N4O2. The summed E-state index contributed by atoms with van der Waals surface area (Å²) in [5, 5.41) is 8.28. The van der Waals surface area contributed by atoms with E-state index in [-0.39, 0.29) is 5.75 Å². The maximum Gasteiger partial charge on any atom is 0.573 e. The van der Waals surface area contributed by atoms with Crippen molar-refractivity contribution >= 4 is 12.0 Å². The van der Waals surface area contributed by atoms with Crippen molar-refractivity contribution in [1.29, 1.82) is 0 Å². The predicted octanol–water partition coefficient (Wildman–Crippen LogP) is 1.80. The number of hydrogen-bond acceptors (Lipinski definition) is 6. The summed E-state index contributed by atoms with van der Waals surface area (Å²) in [5.74, 6) is -0.345. The lowest BCUT2D eigenvalue weighted by molar-refractivity contribution is -0.274. The van der Waals surface area contributed by atoms with Gasteiger partial charge in [0.15, 0.2) is 6.29 Å². The predicted molar refractivity (Wildman–Crippen MR) is 53.4 cm³/mol. The van der Waals surface area contributed by atoms with Crippen molar-refractivity contribution in [2.75, 3.05) is 5.01 Å². The molecule has 1 atom stereocenters. The van der Waals surface area contributed by atoms with Crippen LogP contribution in [0.3, 0.4) is 0 Å². The molecule has 0 amide bonds. The number of nitrogens with one attached hydrogen (secondary N) is 1. The Hall–Kier alpha value is -2.32. The summed E-state index contributed by atoms with van der Waals surface area (Å²) in [5.41, 5.74) is 2.88. The third-order valence-electron chi connectivity index (χ3n) is 2.06. The van der Waals surface area contributed by atoms with Gasteiger partial charge in [-0.25, -0.2) is 5.01 Å². The molecule has 1 aliphatic rings. The molecule has 2 rings (SSSR count). The number of hydrazine groups is 1. The highest BCUT2D eigenvalue weighted by atomic mass is 19.4. The zero-order valence-electron chi connectivity index (χ0n) is 8.76. The Labute approximate surface area is 99.0 Å². The molecule has 0 spiro atoms. The zero-order valence-corrected chi connectivity index (χ0v) is 8.76. The van der Waals surface area contributed by atoms with Gasteiger partial charge < -0.3 is 4.74 Å². The number of halogens is 3. The zero-order chi connectivity index (χ0) is 13.2. The van der Waals surface area contributed by atoms with Crippen LogP contribution in [0.5, 0.6) is 5.75 Å². The van der Waals surface area contributed by atoms with Crippen molar-refractivity contribution in [2.45, 2.75) is 12.5 Å². The minimum atomic E-state index is -4.73. The molecule has 1 unspecified atom stereocenters. The highest BCUT2D eigenvalue weighted by molar-refractivity contribution is 5.65. The van der Waals surface area contributed by atoms with Crippen molar-refractivity contribution in [3.8, 4) is 5.75 Å². The summed E-state index contributed by atoms with van der Waals surface area (Å²) in [6, 6.07) is 4.96. The lowest BCUT2D eigenvalue weighted by atomic mass is 10.3. The second-order valence-electron chi connectivity index (χ2n) is 3.28. The highest BCUT2D eigenvalue weighted by Gasteiger charge is 2.31. The Balaban J connectivity index is 2.10. The molecule has 1 aliphatic heterocycles. The minimum Gasteiger partial charge on any atom is -0.406 e. The highest BCUT2D eigenvalue weighted by Crippen LogP contribution is 2.26. The molecule has 1 aromatic carbocycles. The number of aldehydes is 1. The second kappa shape index (κ2) is 4.51. The summed E-state index contributed by atoms with van der Waals surface area (Å²) < 4.78 is 39.5. The average molecular weight is 260 g/mol. The molecular weight excluding hydrogens is 253 g/mol. The quantitative estimate of drug-likeness (QED) is 0.841. The maximum absolute atomic E-state index is 11.9. The molecule has 6 nitrogen and oxygen atoms in total. The van der Waals surface area contributed by atoms with Gasteiger partial charge in [-0.05, 0) is 24.3 Å². The number of rotatable bonds is 3. The van der Waals surface area contributed by atoms with E-state index in [2.05, 4.69) is 20.6 Å². The van der Waals surface area contributed by atoms with E-state index < -0.39 is 12.5 Å². The summed E-state index contributed by atoms with van der Waals surface area (Å²) in [7, 11) is 0. The molecule has 0 fully saturated rings. The third-order valence-corrected chi connectivity index (χ3v) is 2.06. The second-order valence-corrected chi connectivity index (χ2v) is 3.28. The Bertz CT molecular complexity index is 460.